The quantitative estimate of drug-likeness (QED) is 0.414. The summed E-state index contributed by atoms with van der Waals surface area (Å²) in [5, 5.41) is 0.615. The number of fused-ring (bicyclic) bond motifs is 1. The van der Waals surface area contributed by atoms with Crippen LogP contribution in [-0.2, 0) is 11.3 Å². The van der Waals surface area contributed by atoms with Crippen molar-refractivity contribution in [2.45, 2.75) is 13.5 Å². The first kappa shape index (κ1) is 19.8. The van der Waals surface area contributed by atoms with Gasteiger partial charge in [0.05, 0.1) is 23.4 Å². The van der Waals surface area contributed by atoms with Gasteiger partial charge in [-0.2, -0.15) is 0 Å². The van der Waals surface area contributed by atoms with Crippen LogP contribution in [0.3, 0.4) is 0 Å². The highest BCUT2D eigenvalue weighted by Crippen LogP contribution is 2.32. The van der Waals surface area contributed by atoms with Crippen LogP contribution in [0.4, 0.5) is 5.13 Å². The summed E-state index contributed by atoms with van der Waals surface area (Å²) >= 11 is 1.45. The summed E-state index contributed by atoms with van der Waals surface area (Å²) in [6.45, 7) is 2.83. The number of para-hydroxylation sites is 1. The zero-order valence-corrected chi connectivity index (χ0v) is 17.3. The number of aromatic nitrogens is 2. The molecule has 1 amide bonds. The Hall–Kier alpha value is -3.45. The van der Waals surface area contributed by atoms with E-state index < -0.39 is 0 Å². The minimum absolute atomic E-state index is 0.0790. The molecule has 2 aromatic heterocycles. The first-order chi connectivity index (χ1) is 14.7. The van der Waals surface area contributed by atoms with Crippen molar-refractivity contribution in [2.75, 3.05) is 18.1 Å². The highest BCUT2D eigenvalue weighted by Gasteiger charge is 2.21. The van der Waals surface area contributed by atoms with Crippen LogP contribution in [0.25, 0.3) is 10.2 Å². The second-order valence-electron chi connectivity index (χ2n) is 6.50. The number of amides is 1. The average molecular weight is 420 g/mol. The zero-order valence-electron chi connectivity index (χ0n) is 16.5. The summed E-state index contributed by atoms with van der Waals surface area (Å²) in [6, 6.07) is 18.8. The van der Waals surface area contributed by atoms with Crippen LogP contribution >= 0.6 is 11.3 Å². The van der Waals surface area contributed by atoms with Gasteiger partial charge < -0.3 is 9.47 Å². The maximum absolute atomic E-state index is 13.1. The van der Waals surface area contributed by atoms with Crippen molar-refractivity contribution in [3.63, 3.8) is 0 Å². The molecular weight excluding hydrogens is 398 g/mol. The Morgan fingerprint density at radius 3 is 2.67 bits per heavy atom. The number of anilines is 1. The third-order valence-corrected chi connectivity index (χ3v) is 5.40. The SMILES string of the molecule is CCOc1ccc2nc(N(Cc3cccnc3)C(=O)COc3ccccc3)sc2c1. The van der Waals surface area contributed by atoms with Gasteiger partial charge in [-0.3, -0.25) is 14.7 Å². The Labute approximate surface area is 178 Å². The van der Waals surface area contributed by atoms with Crippen LogP contribution in [0.2, 0.25) is 0 Å². The lowest BCUT2D eigenvalue weighted by Crippen LogP contribution is -2.34. The van der Waals surface area contributed by atoms with Gasteiger partial charge in [-0.05, 0) is 48.9 Å². The van der Waals surface area contributed by atoms with Crippen molar-refractivity contribution in [1.29, 1.82) is 0 Å². The van der Waals surface area contributed by atoms with Crippen molar-refractivity contribution in [2.24, 2.45) is 0 Å². The van der Waals surface area contributed by atoms with Gasteiger partial charge in [-0.15, -0.1) is 0 Å². The summed E-state index contributed by atoms with van der Waals surface area (Å²) in [4.78, 5) is 23.6. The zero-order chi connectivity index (χ0) is 20.8. The number of rotatable bonds is 8. The molecule has 2 aromatic carbocycles. The molecule has 0 fully saturated rings. The van der Waals surface area contributed by atoms with Crippen LogP contribution in [0.15, 0.2) is 73.1 Å². The molecule has 7 heteroatoms. The molecule has 0 spiro atoms. The van der Waals surface area contributed by atoms with Gasteiger partial charge in [0.25, 0.3) is 5.91 Å². The monoisotopic (exact) mass is 419 g/mol. The summed E-state index contributed by atoms with van der Waals surface area (Å²) in [6.07, 6.45) is 3.46. The fourth-order valence-electron chi connectivity index (χ4n) is 2.94. The molecule has 4 aromatic rings. The normalized spacial score (nSPS) is 10.7. The Kier molecular flexibility index (Phi) is 6.20. The van der Waals surface area contributed by atoms with E-state index in [2.05, 4.69) is 9.97 Å². The molecule has 0 unspecified atom stereocenters. The van der Waals surface area contributed by atoms with Crippen molar-refractivity contribution >= 4 is 32.6 Å². The average Bonchev–Trinajstić information content (AvgIpc) is 3.20. The van der Waals surface area contributed by atoms with E-state index in [-0.39, 0.29) is 12.5 Å². The summed E-state index contributed by atoms with van der Waals surface area (Å²) in [5.41, 5.74) is 1.74. The molecule has 0 bridgehead atoms. The van der Waals surface area contributed by atoms with Crippen LogP contribution < -0.4 is 14.4 Å². The third-order valence-electron chi connectivity index (χ3n) is 4.36. The van der Waals surface area contributed by atoms with Gasteiger partial charge in [0.2, 0.25) is 0 Å². The van der Waals surface area contributed by atoms with Crippen LogP contribution in [0.1, 0.15) is 12.5 Å². The van der Waals surface area contributed by atoms with Crippen molar-refractivity contribution in [3.8, 4) is 11.5 Å². The number of hydrogen-bond acceptors (Lipinski definition) is 6. The fraction of sp³-hybridized carbons (Fsp3) is 0.174. The Morgan fingerprint density at radius 1 is 1.03 bits per heavy atom. The molecule has 30 heavy (non-hydrogen) atoms. The van der Waals surface area contributed by atoms with Gasteiger partial charge in [0.1, 0.15) is 11.5 Å². The second-order valence-corrected chi connectivity index (χ2v) is 7.51. The lowest BCUT2D eigenvalue weighted by Gasteiger charge is -2.20. The topological polar surface area (TPSA) is 64.5 Å². The number of carbonyl (C=O) groups is 1. The number of nitrogens with zero attached hydrogens (tertiary/aromatic N) is 3. The van der Waals surface area contributed by atoms with E-state index in [4.69, 9.17) is 9.47 Å². The number of thiazole rings is 1. The molecule has 6 nitrogen and oxygen atoms in total. The maximum atomic E-state index is 13.1. The summed E-state index contributed by atoms with van der Waals surface area (Å²) < 4.78 is 12.2. The molecular formula is C23H21N3O3S. The molecule has 0 aliphatic rings. The Bertz CT molecular complexity index is 1120. The van der Waals surface area contributed by atoms with E-state index in [0.717, 1.165) is 21.5 Å². The molecule has 2 heterocycles. The second kappa shape index (κ2) is 9.37. The molecule has 0 aliphatic heterocycles. The number of hydrogen-bond donors (Lipinski definition) is 0. The minimum Gasteiger partial charge on any atom is -0.494 e. The van der Waals surface area contributed by atoms with E-state index in [1.165, 1.54) is 11.3 Å². The minimum atomic E-state index is -0.174. The number of pyridine rings is 1. The first-order valence-corrected chi connectivity index (χ1v) is 10.4. The smallest absolute Gasteiger partial charge is 0.267 e. The van der Waals surface area contributed by atoms with Gasteiger partial charge in [-0.25, -0.2) is 4.98 Å². The number of ether oxygens (including phenoxy) is 2. The van der Waals surface area contributed by atoms with Crippen molar-refractivity contribution < 1.29 is 14.3 Å². The van der Waals surface area contributed by atoms with Gasteiger partial charge in [-0.1, -0.05) is 35.6 Å². The summed E-state index contributed by atoms with van der Waals surface area (Å²) in [7, 11) is 0. The van der Waals surface area contributed by atoms with E-state index >= 15 is 0 Å². The predicted molar refractivity (Wildman–Crippen MR) is 118 cm³/mol. The highest BCUT2D eigenvalue weighted by atomic mass is 32.1. The maximum Gasteiger partial charge on any atom is 0.267 e. The predicted octanol–water partition coefficient (Wildman–Crippen LogP) is 4.70. The molecule has 0 saturated heterocycles. The van der Waals surface area contributed by atoms with E-state index in [0.29, 0.717) is 24.0 Å². The lowest BCUT2D eigenvalue weighted by molar-refractivity contribution is -0.120. The van der Waals surface area contributed by atoms with Gasteiger partial charge in [0.15, 0.2) is 11.7 Å². The largest absolute Gasteiger partial charge is 0.494 e. The van der Waals surface area contributed by atoms with E-state index in [9.17, 15) is 4.79 Å². The molecule has 152 valence electrons. The van der Waals surface area contributed by atoms with E-state index in [1.54, 1.807) is 17.3 Å². The number of carbonyl (C=O) groups excluding carboxylic acids is 1. The number of benzene rings is 2. The molecule has 4 rings (SSSR count). The first-order valence-electron chi connectivity index (χ1n) is 9.63. The molecule has 0 N–H and O–H groups in total. The molecule has 0 aliphatic carbocycles. The van der Waals surface area contributed by atoms with Crippen LogP contribution in [0.5, 0.6) is 11.5 Å². The summed E-state index contributed by atoms with van der Waals surface area (Å²) in [5.74, 6) is 1.27. The standard InChI is InChI=1S/C23H21N3O3S/c1-2-28-19-10-11-20-21(13-19)30-23(25-20)26(15-17-7-6-12-24-14-17)22(27)16-29-18-8-4-3-5-9-18/h3-14H,2,15-16H2,1H3. The van der Waals surface area contributed by atoms with Crippen LogP contribution in [-0.4, -0.2) is 29.1 Å². The van der Waals surface area contributed by atoms with Gasteiger partial charge in [0, 0.05) is 12.4 Å². The highest BCUT2D eigenvalue weighted by molar-refractivity contribution is 7.22. The Balaban J connectivity index is 1.60. The van der Waals surface area contributed by atoms with Crippen molar-refractivity contribution in [1.82, 2.24) is 9.97 Å². The molecule has 0 radical (unpaired) electrons. The van der Waals surface area contributed by atoms with Crippen molar-refractivity contribution in [3.05, 3.63) is 78.6 Å². The molecule has 0 saturated carbocycles. The Morgan fingerprint density at radius 2 is 1.90 bits per heavy atom. The fourth-order valence-corrected chi connectivity index (χ4v) is 3.95. The lowest BCUT2D eigenvalue weighted by atomic mass is 10.2. The third kappa shape index (κ3) is 4.75. The van der Waals surface area contributed by atoms with E-state index in [1.807, 2.05) is 67.6 Å². The van der Waals surface area contributed by atoms with Gasteiger partial charge >= 0.3 is 0 Å². The molecule has 0 atom stereocenters. The van der Waals surface area contributed by atoms with Crippen LogP contribution in [0, 0.1) is 0 Å².